The maximum Gasteiger partial charge on any atom is 0.317 e. The highest BCUT2D eigenvalue weighted by molar-refractivity contribution is 5.83. The summed E-state index contributed by atoms with van der Waals surface area (Å²) in [6.07, 6.45) is 4.38. The molecule has 1 N–H and O–H groups in total. The Balaban J connectivity index is 1.33. The summed E-state index contributed by atoms with van der Waals surface area (Å²) in [6.45, 7) is 4.29. The molecule has 5 heteroatoms. The summed E-state index contributed by atoms with van der Waals surface area (Å²) in [6, 6.07) is 16.7. The quantitative estimate of drug-likeness (QED) is 0.825. The average molecular weight is 418 g/mol. The molecule has 2 fully saturated rings. The summed E-state index contributed by atoms with van der Waals surface area (Å²) in [4.78, 5) is 30.6. The number of benzene rings is 2. The molecule has 2 aromatic carbocycles. The van der Waals surface area contributed by atoms with Gasteiger partial charge >= 0.3 is 6.03 Å². The molecule has 31 heavy (non-hydrogen) atoms. The van der Waals surface area contributed by atoms with Gasteiger partial charge in [-0.1, -0.05) is 48.5 Å². The zero-order valence-corrected chi connectivity index (χ0v) is 18.2. The summed E-state index contributed by atoms with van der Waals surface area (Å²) < 4.78 is 0. The van der Waals surface area contributed by atoms with Crippen LogP contribution in [0.25, 0.3) is 0 Å². The molecular weight excluding hydrogens is 386 g/mol. The number of piperidine rings is 2. The molecule has 0 spiro atoms. The van der Waals surface area contributed by atoms with Gasteiger partial charge in [0, 0.05) is 25.7 Å². The number of carbonyl (C=O) groups is 2. The van der Waals surface area contributed by atoms with E-state index in [4.69, 9.17) is 0 Å². The minimum absolute atomic E-state index is 0.00946. The number of fused-ring (bicyclic) bond motifs is 4. The maximum atomic E-state index is 13.4. The van der Waals surface area contributed by atoms with E-state index in [9.17, 15) is 9.59 Å². The van der Waals surface area contributed by atoms with Gasteiger partial charge in [0.25, 0.3) is 0 Å². The average Bonchev–Trinajstić information content (AvgIpc) is 2.79. The fraction of sp³-hybridized carbons (Fsp3) is 0.462. The highest BCUT2D eigenvalue weighted by Gasteiger charge is 2.48. The second-order valence-corrected chi connectivity index (χ2v) is 9.16. The third-order valence-electron chi connectivity index (χ3n) is 7.38. The number of rotatable bonds is 3. The highest BCUT2D eigenvalue weighted by Crippen LogP contribution is 2.44. The Bertz CT molecular complexity index is 974. The Morgan fingerprint density at radius 3 is 2.77 bits per heavy atom. The first-order valence-electron chi connectivity index (χ1n) is 11.6. The van der Waals surface area contributed by atoms with Crippen molar-refractivity contribution in [1.82, 2.24) is 15.1 Å². The van der Waals surface area contributed by atoms with E-state index < -0.39 is 0 Å². The largest absolute Gasteiger partial charge is 0.338 e. The van der Waals surface area contributed by atoms with Crippen LogP contribution in [0.4, 0.5) is 4.79 Å². The van der Waals surface area contributed by atoms with E-state index in [-0.39, 0.29) is 29.9 Å². The lowest BCUT2D eigenvalue weighted by Crippen LogP contribution is -2.61. The third kappa shape index (κ3) is 3.71. The molecule has 5 nitrogen and oxygen atoms in total. The van der Waals surface area contributed by atoms with Gasteiger partial charge in [-0.15, -0.1) is 0 Å². The molecule has 0 bridgehead atoms. The number of hydrogen-bond acceptors (Lipinski definition) is 2. The zero-order chi connectivity index (χ0) is 21.4. The molecular formula is C26H31N3O2. The zero-order valence-electron chi connectivity index (χ0n) is 18.2. The van der Waals surface area contributed by atoms with E-state index in [0.29, 0.717) is 6.54 Å². The molecule has 2 saturated heterocycles. The predicted octanol–water partition coefficient (Wildman–Crippen LogP) is 3.86. The van der Waals surface area contributed by atoms with E-state index in [1.165, 1.54) is 22.3 Å². The van der Waals surface area contributed by atoms with Crippen LogP contribution in [-0.2, 0) is 17.6 Å². The SMILES string of the molecule is Cc1cccc2c1[C@H]1C[C@H]3[C@H](CCCN3C(=O)NCCc3ccccc3)C(=O)N1CC2. The molecule has 0 unspecified atom stereocenters. The molecule has 0 aliphatic carbocycles. The molecule has 3 amide bonds. The molecule has 162 valence electrons. The van der Waals surface area contributed by atoms with Crippen LogP contribution in [0, 0.1) is 12.8 Å². The van der Waals surface area contributed by atoms with Gasteiger partial charge in [-0.25, -0.2) is 4.79 Å². The number of aryl methyl sites for hydroxylation is 1. The topological polar surface area (TPSA) is 52.7 Å². The first-order chi connectivity index (χ1) is 15.1. The number of likely N-dealkylation sites (tertiary alicyclic amines) is 1. The van der Waals surface area contributed by atoms with Crippen LogP contribution < -0.4 is 5.32 Å². The monoisotopic (exact) mass is 417 g/mol. The summed E-state index contributed by atoms with van der Waals surface area (Å²) in [5.74, 6) is 0.187. The smallest absolute Gasteiger partial charge is 0.317 e. The van der Waals surface area contributed by atoms with Crippen molar-refractivity contribution in [1.29, 1.82) is 0 Å². The highest BCUT2D eigenvalue weighted by atomic mass is 16.2. The molecule has 2 aromatic rings. The van der Waals surface area contributed by atoms with Crippen LogP contribution in [0.5, 0.6) is 0 Å². The summed E-state index contributed by atoms with van der Waals surface area (Å²) >= 11 is 0. The summed E-state index contributed by atoms with van der Waals surface area (Å²) in [7, 11) is 0. The van der Waals surface area contributed by atoms with E-state index in [1.54, 1.807) is 0 Å². The minimum atomic E-state index is -0.0598. The van der Waals surface area contributed by atoms with E-state index in [1.807, 2.05) is 23.1 Å². The van der Waals surface area contributed by atoms with Crippen molar-refractivity contribution in [3.05, 3.63) is 70.8 Å². The fourth-order valence-corrected chi connectivity index (χ4v) is 5.89. The molecule has 0 aromatic heterocycles. The molecule has 0 saturated carbocycles. The van der Waals surface area contributed by atoms with Gasteiger partial charge in [0.05, 0.1) is 12.0 Å². The predicted molar refractivity (Wildman–Crippen MR) is 121 cm³/mol. The van der Waals surface area contributed by atoms with Crippen molar-refractivity contribution >= 4 is 11.9 Å². The van der Waals surface area contributed by atoms with Crippen molar-refractivity contribution in [2.75, 3.05) is 19.6 Å². The lowest BCUT2D eigenvalue weighted by molar-refractivity contribution is -0.148. The van der Waals surface area contributed by atoms with Crippen molar-refractivity contribution in [2.45, 2.75) is 51.1 Å². The van der Waals surface area contributed by atoms with E-state index in [0.717, 1.165) is 45.2 Å². The van der Waals surface area contributed by atoms with Crippen LogP contribution >= 0.6 is 0 Å². The van der Waals surface area contributed by atoms with Gasteiger partial charge in [-0.3, -0.25) is 4.79 Å². The van der Waals surface area contributed by atoms with Crippen molar-refractivity contribution < 1.29 is 9.59 Å². The number of amides is 3. The Hall–Kier alpha value is -2.82. The normalized spacial score (nSPS) is 24.8. The van der Waals surface area contributed by atoms with Crippen LogP contribution in [0.2, 0.25) is 0 Å². The number of nitrogens with one attached hydrogen (secondary N) is 1. The first kappa shape index (κ1) is 20.1. The van der Waals surface area contributed by atoms with Crippen LogP contribution in [0.1, 0.15) is 47.6 Å². The van der Waals surface area contributed by atoms with Crippen molar-refractivity contribution in [3.8, 4) is 0 Å². The summed E-state index contributed by atoms with van der Waals surface area (Å²) in [5, 5.41) is 3.11. The van der Waals surface area contributed by atoms with Gasteiger partial charge in [-0.2, -0.15) is 0 Å². The Kier molecular flexibility index (Phi) is 5.43. The molecule has 5 rings (SSSR count). The second kappa shape index (κ2) is 8.37. The molecule has 3 heterocycles. The Morgan fingerprint density at radius 1 is 1.10 bits per heavy atom. The lowest BCUT2D eigenvalue weighted by Gasteiger charge is -2.51. The Labute approximate surface area is 184 Å². The fourth-order valence-electron chi connectivity index (χ4n) is 5.89. The van der Waals surface area contributed by atoms with Gasteiger partial charge in [-0.05, 0) is 61.3 Å². The number of hydrogen-bond donors (Lipinski definition) is 1. The molecule has 0 radical (unpaired) electrons. The molecule has 3 atom stereocenters. The van der Waals surface area contributed by atoms with Crippen molar-refractivity contribution in [3.63, 3.8) is 0 Å². The van der Waals surface area contributed by atoms with E-state index >= 15 is 0 Å². The second-order valence-electron chi connectivity index (χ2n) is 9.16. The van der Waals surface area contributed by atoms with Crippen LogP contribution in [-0.4, -0.2) is 47.4 Å². The number of urea groups is 1. The van der Waals surface area contributed by atoms with Gasteiger partial charge < -0.3 is 15.1 Å². The Morgan fingerprint density at radius 2 is 1.94 bits per heavy atom. The van der Waals surface area contributed by atoms with Gasteiger partial charge in [0.15, 0.2) is 0 Å². The van der Waals surface area contributed by atoms with Gasteiger partial charge in [0.1, 0.15) is 0 Å². The van der Waals surface area contributed by atoms with Gasteiger partial charge in [0.2, 0.25) is 5.91 Å². The third-order valence-corrected chi connectivity index (χ3v) is 7.38. The lowest BCUT2D eigenvalue weighted by atomic mass is 9.75. The molecule has 3 aliphatic rings. The number of carbonyl (C=O) groups excluding carboxylic acids is 2. The summed E-state index contributed by atoms with van der Waals surface area (Å²) in [5.41, 5.74) is 5.16. The molecule has 3 aliphatic heterocycles. The standard InChI is InChI=1S/C26H31N3O2/c1-18-7-5-10-20-13-16-28-23(24(18)20)17-22-21(25(28)30)11-6-15-29(22)26(31)27-14-12-19-8-3-2-4-9-19/h2-5,7-10,21-23H,6,11-17H2,1H3,(H,27,31)/t21-,22-,23+/m0/s1. The minimum Gasteiger partial charge on any atom is -0.338 e. The van der Waals surface area contributed by atoms with Crippen molar-refractivity contribution in [2.24, 2.45) is 5.92 Å². The van der Waals surface area contributed by atoms with E-state index in [2.05, 4.69) is 47.5 Å². The first-order valence-corrected chi connectivity index (χ1v) is 11.6. The van der Waals surface area contributed by atoms with Crippen LogP contribution in [0.3, 0.4) is 0 Å². The maximum absolute atomic E-state index is 13.4. The number of nitrogens with zero attached hydrogens (tertiary/aromatic N) is 2. The van der Waals surface area contributed by atoms with Crippen LogP contribution in [0.15, 0.2) is 48.5 Å².